The summed E-state index contributed by atoms with van der Waals surface area (Å²) in [6.45, 7) is 6.40. The number of ether oxygens (including phenoxy) is 1. The van der Waals surface area contributed by atoms with Gasteiger partial charge in [0.2, 0.25) is 0 Å². The maximum Gasteiger partial charge on any atom is 0.134 e. The third kappa shape index (κ3) is 6.53. The highest BCUT2D eigenvalue weighted by Gasteiger charge is 2.32. The molecule has 3 rings (SSSR count). The molecule has 0 amide bonds. The van der Waals surface area contributed by atoms with Gasteiger partial charge in [-0.3, -0.25) is 4.98 Å². The Bertz CT molecular complexity index is 947. The van der Waals surface area contributed by atoms with Crippen LogP contribution in [-0.4, -0.2) is 16.2 Å². The average Bonchev–Trinajstić information content (AvgIpc) is 2.80. The van der Waals surface area contributed by atoms with E-state index in [1.807, 2.05) is 60.7 Å². The summed E-state index contributed by atoms with van der Waals surface area (Å²) in [4.78, 5) is 4.19. The molecule has 0 fully saturated rings. The predicted molar refractivity (Wildman–Crippen MR) is 129 cm³/mol. The fourth-order valence-electron chi connectivity index (χ4n) is 3.62. The number of aliphatic hydroxyl groups is 1. The summed E-state index contributed by atoms with van der Waals surface area (Å²) >= 11 is 0. The van der Waals surface area contributed by atoms with Gasteiger partial charge in [0.15, 0.2) is 0 Å². The topological polar surface area (TPSA) is 42.4 Å². The fourth-order valence-corrected chi connectivity index (χ4v) is 3.62. The van der Waals surface area contributed by atoms with Crippen molar-refractivity contribution in [3.05, 3.63) is 90.4 Å². The van der Waals surface area contributed by atoms with Gasteiger partial charge in [-0.1, -0.05) is 88.6 Å². The van der Waals surface area contributed by atoms with Crippen LogP contribution in [0.25, 0.3) is 17.2 Å². The molecule has 3 aromatic rings. The van der Waals surface area contributed by atoms with Gasteiger partial charge in [-0.15, -0.1) is 0 Å². The van der Waals surface area contributed by atoms with Crippen LogP contribution >= 0.6 is 0 Å². The Hall–Kier alpha value is -2.91. The molecule has 1 aromatic heterocycles. The first-order valence-electron chi connectivity index (χ1n) is 11.1. The molecule has 0 aliphatic carbocycles. The van der Waals surface area contributed by atoms with Crippen molar-refractivity contribution in [1.82, 2.24) is 4.98 Å². The highest BCUT2D eigenvalue weighted by molar-refractivity contribution is 5.64. The van der Waals surface area contributed by atoms with Gasteiger partial charge in [-0.2, -0.15) is 0 Å². The average molecular weight is 416 g/mol. The first-order valence-corrected chi connectivity index (χ1v) is 11.1. The summed E-state index contributed by atoms with van der Waals surface area (Å²) in [7, 11) is 0. The van der Waals surface area contributed by atoms with Crippen molar-refractivity contribution in [2.45, 2.75) is 52.6 Å². The van der Waals surface area contributed by atoms with Gasteiger partial charge in [0.1, 0.15) is 17.6 Å². The van der Waals surface area contributed by atoms with Gasteiger partial charge in [0.05, 0.1) is 0 Å². The number of hydrogen-bond donors (Lipinski definition) is 1. The molecule has 0 aliphatic rings. The zero-order valence-corrected chi connectivity index (χ0v) is 18.8. The molecule has 1 atom stereocenters. The number of benzene rings is 2. The Morgan fingerprint density at radius 2 is 1.68 bits per heavy atom. The molecule has 1 N–H and O–H groups in total. The lowest BCUT2D eigenvalue weighted by molar-refractivity contribution is 0.0446. The van der Waals surface area contributed by atoms with Crippen molar-refractivity contribution in [3.8, 4) is 16.9 Å². The Morgan fingerprint density at radius 3 is 2.32 bits per heavy atom. The molecular formula is C28H33NO2. The summed E-state index contributed by atoms with van der Waals surface area (Å²) in [6, 6.07) is 22.1. The molecule has 162 valence electrons. The minimum Gasteiger partial charge on any atom is -0.459 e. The van der Waals surface area contributed by atoms with E-state index in [-0.39, 0.29) is 5.41 Å². The quantitative estimate of drug-likeness (QED) is 0.283. The Labute approximate surface area is 186 Å². The number of hydrogen-bond acceptors (Lipinski definition) is 3. The second-order valence-electron chi connectivity index (χ2n) is 8.67. The first-order chi connectivity index (χ1) is 15.0. The van der Waals surface area contributed by atoms with Gasteiger partial charge in [-0.05, 0) is 52.8 Å². The highest BCUT2D eigenvalue weighted by Crippen LogP contribution is 2.34. The van der Waals surface area contributed by atoms with Crippen molar-refractivity contribution in [2.24, 2.45) is 5.41 Å². The van der Waals surface area contributed by atoms with E-state index in [1.165, 1.54) is 6.42 Å². The summed E-state index contributed by atoms with van der Waals surface area (Å²) in [5.74, 6) is 1.25. The van der Waals surface area contributed by atoms with E-state index < -0.39 is 6.10 Å². The zero-order valence-electron chi connectivity index (χ0n) is 18.8. The first kappa shape index (κ1) is 22.8. The second-order valence-corrected chi connectivity index (χ2v) is 8.67. The molecule has 0 bridgehead atoms. The van der Waals surface area contributed by atoms with E-state index in [2.05, 4.69) is 37.9 Å². The molecule has 2 aromatic carbocycles. The number of pyridine rings is 1. The fraction of sp³-hybridized carbons (Fsp3) is 0.321. The second kappa shape index (κ2) is 10.9. The predicted octanol–water partition coefficient (Wildman–Crippen LogP) is 7.14. The number of aliphatic hydroxyl groups excluding tert-OH is 1. The van der Waals surface area contributed by atoms with Gasteiger partial charge < -0.3 is 9.84 Å². The lowest BCUT2D eigenvalue weighted by atomic mass is 9.80. The number of aromatic nitrogens is 1. The molecule has 31 heavy (non-hydrogen) atoms. The van der Waals surface area contributed by atoms with E-state index in [0.29, 0.717) is 11.5 Å². The van der Waals surface area contributed by atoms with Crippen LogP contribution in [0.1, 0.15) is 52.0 Å². The van der Waals surface area contributed by atoms with Gasteiger partial charge >= 0.3 is 0 Å². The molecule has 0 saturated heterocycles. The summed E-state index contributed by atoms with van der Waals surface area (Å²) in [5.41, 5.74) is 2.90. The summed E-state index contributed by atoms with van der Waals surface area (Å²) < 4.78 is 6.25. The normalized spacial score (nSPS) is 13.1. The maximum absolute atomic E-state index is 11.3. The maximum atomic E-state index is 11.3. The van der Waals surface area contributed by atoms with Crippen molar-refractivity contribution in [1.29, 1.82) is 0 Å². The zero-order chi connectivity index (χ0) is 22.1. The van der Waals surface area contributed by atoms with Crippen molar-refractivity contribution in [2.75, 3.05) is 0 Å². The number of rotatable bonds is 10. The minimum absolute atomic E-state index is 0.298. The van der Waals surface area contributed by atoms with Crippen LogP contribution < -0.4 is 4.74 Å². The van der Waals surface area contributed by atoms with Crippen LogP contribution in [-0.2, 0) is 0 Å². The Kier molecular flexibility index (Phi) is 8.02. The molecule has 1 unspecified atom stereocenters. The Balaban J connectivity index is 1.84. The summed E-state index contributed by atoms with van der Waals surface area (Å²) in [6.07, 6.45) is 9.04. The van der Waals surface area contributed by atoms with E-state index >= 15 is 0 Å². The molecular weight excluding hydrogens is 382 g/mol. The van der Waals surface area contributed by atoms with Gasteiger partial charge in [0, 0.05) is 12.4 Å². The van der Waals surface area contributed by atoms with E-state index in [0.717, 1.165) is 36.0 Å². The third-order valence-electron chi connectivity index (χ3n) is 5.62. The number of unbranched alkanes of at least 4 members (excludes halogenated alkanes) is 2. The molecule has 0 spiro atoms. The monoisotopic (exact) mass is 415 g/mol. The minimum atomic E-state index is -0.724. The molecule has 0 radical (unpaired) electrons. The lowest BCUT2D eigenvalue weighted by Gasteiger charge is -2.32. The standard InChI is InChI=1S/C28H33NO2/c1-4-5-9-18-28(2,3)27(30)26(20-22-11-10-19-29-21-22)31-25-16-14-24(15-17-25)23-12-7-6-8-13-23/h6-8,10-17,19-21,27,30H,4-5,9,18H2,1-3H3/b26-20+. The Morgan fingerprint density at radius 1 is 0.968 bits per heavy atom. The third-order valence-corrected chi connectivity index (χ3v) is 5.62. The van der Waals surface area contributed by atoms with E-state index in [4.69, 9.17) is 4.74 Å². The van der Waals surface area contributed by atoms with Crippen LogP contribution in [0.2, 0.25) is 0 Å². The largest absolute Gasteiger partial charge is 0.459 e. The van der Waals surface area contributed by atoms with Crippen molar-refractivity contribution < 1.29 is 9.84 Å². The number of nitrogens with zero attached hydrogens (tertiary/aromatic N) is 1. The van der Waals surface area contributed by atoms with Gasteiger partial charge in [0.25, 0.3) is 0 Å². The van der Waals surface area contributed by atoms with E-state index in [9.17, 15) is 5.11 Å². The van der Waals surface area contributed by atoms with Crippen LogP contribution in [0.15, 0.2) is 84.9 Å². The SMILES string of the molecule is CCCCCC(C)(C)C(O)/C(=C\c1cccnc1)Oc1ccc(-c2ccccc2)cc1. The highest BCUT2D eigenvalue weighted by atomic mass is 16.5. The lowest BCUT2D eigenvalue weighted by Crippen LogP contribution is -2.33. The van der Waals surface area contributed by atoms with Gasteiger partial charge in [-0.25, -0.2) is 0 Å². The van der Waals surface area contributed by atoms with E-state index in [1.54, 1.807) is 12.4 Å². The molecule has 3 nitrogen and oxygen atoms in total. The smallest absolute Gasteiger partial charge is 0.134 e. The summed E-state index contributed by atoms with van der Waals surface area (Å²) in [5, 5.41) is 11.3. The van der Waals surface area contributed by atoms with Crippen LogP contribution in [0.4, 0.5) is 0 Å². The molecule has 0 saturated carbocycles. The molecule has 3 heteroatoms. The van der Waals surface area contributed by atoms with Crippen molar-refractivity contribution in [3.63, 3.8) is 0 Å². The van der Waals surface area contributed by atoms with Crippen LogP contribution in [0.3, 0.4) is 0 Å². The molecule has 0 aliphatic heterocycles. The van der Waals surface area contributed by atoms with Crippen molar-refractivity contribution >= 4 is 6.08 Å². The van der Waals surface area contributed by atoms with Crippen LogP contribution in [0.5, 0.6) is 5.75 Å². The van der Waals surface area contributed by atoms with Crippen LogP contribution in [0, 0.1) is 5.41 Å². The molecule has 1 heterocycles.